The van der Waals surface area contributed by atoms with Gasteiger partial charge in [0.15, 0.2) is 5.69 Å². The molecule has 0 aliphatic heterocycles. The number of carbonyl (C=O) groups excluding carboxylic acids is 1. The van der Waals surface area contributed by atoms with E-state index in [1.807, 2.05) is 20.8 Å². The van der Waals surface area contributed by atoms with Crippen LogP contribution in [0.3, 0.4) is 0 Å². The van der Waals surface area contributed by atoms with E-state index in [9.17, 15) is 4.79 Å². The molecule has 0 bridgehead atoms. The topological polar surface area (TPSA) is 83.0 Å². The summed E-state index contributed by atoms with van der Waals surface area (Å²) < 4.78 is 6.98. The zero-order valence-electron chi connectivity index (χ0n) is 11.8. The van der Waals surface area contributed by atoms with Gasteiger partial charge in [0.2, 0.25) is 0 Å². The van der Waals surface area contributed by atoms with Crippen LogP contribution in [0.15, 0.2) is 6.20 Å². The van der Waals surface area contributed by atoms with Crippen molar-refractivity contribution >= 4 is 5.97 Å². The third-order valence-electron chi connectivity index (χ3n) is 3.24. The molecule has 2 N–H and O–H groups in total. The lowest BCUT2D eigenvalue weighted by atomic mass is 9.91. The largest absolute Gasteiger partial charge is 0.455 e. The zero-order chi connectivity index (χ0) is 14.0. The summed E-state index contributed by atoms with van der Waals surface area (Å²) in [5.41, 5.74) is 5.81. The fourth-order valence-corrected chi connectivity index (χ4v) is 2.33. The second kappa shape index (κ2) is 5.28. The molecule has 0 amide bonds. The Morgan fingerprint density at radius 2 is 2.11 bits per heavy atom. The van der Waals surface area contributed by atoms with Crippen LogP contribution in [-0.2, 0) is 4.74 Å². The number of rotatable bonds is 2. The molecule has 0 radical (unpaired) electrons. The van der Waals surface area contributed by atoms with Crippen LogP contribution in [0.1, 0.15) is 63.0 Å². The molecule has 2 atom stereocenters. The Kier molecular flexibility index (Phi) is 3.89. The molecule has 1 heterocycles. The predicted octanol–water partition coefficient (Wildman–Crippen LogP) is 1.68. The Balaban J connectivity index is 2.08. The number of ether oxygens (including phenoxy) is 1. The third kappa shape index (κ3) is 3.53. The van der Waals surface area contributed by atoms with Gasteiger partial charge in [0, 0.05) is 6.04 Å². The van der Waals surface area contributed by atoms with Crippen LogP contribution in [0.5, 0.6) is 0 Å². The first-order valence-electron chi connectivity index (χ1n) is 6.77. The maximum Gasteiger partial charge on any atom is 0.361 e. The Morgan fingerprint density at radius 3 is 2.74 bits per heavy atom. The normalized spacial score (nSPS) is 24.2. The first-order valence-corrected chi connectivity index (χ1v) is 6.77. The molecule has 19 heavy (non-hydrogen) atoms. The predicted molar refractivity (Wildman–Crippen MR) is 70.7 cm³/mol. The average Bonchev–Trinajstić information content (AvgIpc) is 2.76. The van der Waals surface area contributed by atoms with Crippen LogP contribution in [0.25, 0.3) is 0 Å². The first-order chi connectivity index (χ1) is 8.87. The first kappa shape index (κ1) is 14.0. The van der Waals surface area contributed by atoms with Gasteiger partial charge < -0.3 is 10.5 Å². The van der Waals surface area contributed by atoms with E-state index >= 15 is 0 Å². The van der Waals surface area contributed by atoms with E-state index in [1.165, 1.54) is 0 Å². The molecule has 106 valence electrons. The Morgan fingerprint density at radius 1 is 1.42 bits per heavy atom. The molecule has 6 nitrogen and oxygen atoms in total. The quantitative estimate of drug-likeness (QED) is 0.823. The molecule has 1 saturated carbocycles. The standard InChI is InChI=1S/C13H22N4O2/c1-13(2,3)19-12(18)10-8-17(16-15-10)11-7-5-4-6-9(11)14/h8-9,11H,4-7,14H2,1-3H3. The number of carbonyl (C=O) groups is 1. The fraction of sp³-hybridized carbons (Fsp3) is 0.769. The summed E-state index contributed by atoms with van der Waals surface area (Å²) in [6.45, 7) is 5.48. The Labute approximate surface area is 113 Å². The summed E-state index contributed by atoms with van der Waals surface area (Å²) in [6.07, 6.45) is 5.92. The number of hydrogen-bond acceptors (Lipinski definition) is 5. The SMILES string of the molecule is CC(C)(C)OC(=O)c1cn(C2CCCCC2N)nn1. The van der Waals surface area contributed by atoms with Crippen molar-refractivity contribution in [1.82, 2.24) is 15.0 Å². The van der Waals surface area contributed by atoms with Crippen molar-refractivity contribution in [3.8, 4) is 0 Å². The van der Waals surface area contributed by atoms with Crippen LogP contribution < -0.4 is 5.73 Å². The van der Waals surface area contributed by atoms with Crippen molar-refractivity contribution in [2.45, 2.75) is 64.1 Å². The van der Waals surface area contributed by atoms with Crippen molar-refractivity contribution in [2.75, 3.05) is 0 Å². The van der Waals surface area contributed by atoms with Crippen LogP contribution in [-0.4, -0.2) is 32.6 Å². The van der Waals surface area contributed by atoms with Crippen molar-refractivity contribution in [2.24, 2.45) is 5.73 Å². The van der Waals surface area contributed by atoms with E-state index in [0.717, 1.165) is 25.7 Å². The number of nitrogens with zero attached hydrogens (tertiary/aromatic N) is 3. The van der Waals surface area contributed by atoms with Crippen LogP contribution in [0.2, 0.25) is 0 Å². The molecule has 2 rings (SSSR count). The second-order valence-corrected chi connectivity index (χ2v) is 6.10. The van der Waals surface area contributed by atoms with Gasteiger partial charge in [0.05, 0.1) is 12.2 Å². The van der Waals surface area contributed by atoms with Gasteiger partial charge in [-0.15, -0.1) is 5.10 Å². The van der Waals surface area contributed by atoms with Gasteiger partial charge in [0.1, 0.15) is 5.60 Å². The summed E-state index contributed by atoms with van der Waals surface area (Å²) in [4.78, 5) is 11.9. The minimum Gasteiger partial charge on any atom is -0.455 e. The maximum absolute atomic E-state index is 11.9. The fourth-order valence-electron chi connectivity index (χ4n) is 2.33. The summed E-state index contributed by atoms with van der Waals surface area (Å²) in [6, 6.07) is 0.222. The monoisotopic (exact) mass is 266 g/mol. The van der Waals surface area contributed by atoms with Gasteiger partial charge in [0.25, 0.3) is 0 Å². The van der Waals surface area contributed by atoms with Crippen molar-refractivity contribution in [1.29, 1.82) is 0 Å². The smallest absolute Gasteiger partial charge is 0.361 e. The molecule has 1 aliphatic carbocycles. The van der Waals surface area contributed by atoms with E-state index in [2.05, 4.69) is 10.3 Å². The molecule has 1 fully saturated rings. The van der Waals surface area contributed by atoms with E-state index in [4.69, 9.17) is 10.5 Å². The lowest BCUT2D eigenvalue weighted by molar-refractivity contribution is 0.00626. The Hall–Kier alpha value is -1.43. The number of esters is 1. The third-order valence-corrected chi connectivity index (χ3v) is 3.24. The van der Waals surface area contributed by atoms with E-state index < -0.39 is 11.6 Å². The summed E-state index contributed by atoms with van der Waals surface area (Å²) in [5.74, 6) is -0.442. The van der Waals surface area contributed by atoms with E-state index in [1.54, 1.807) is 10.9 Å². The van der Waals surface area contributed by atoms with Crippen LogP contribution >= 0.6 is 0 Å². The molecule has 1 aromatic rings. The number of nitrogens with two attached hydrogens (primary N) is 1. The van der Waals surface area contributed by atoms with Crippen LogP contribution in [0.4, 0.5) is 0 Å². The van der Waals surface area contributed by atoms with Gasteiger partial charge in [-0.25, -0.2) is 9.48 Å². The highest BCUT2D eigenvalue weighted by Gasteiger charge is 2.26. The highest BCUT2D eigenvalue weighted by molar-refractivity contribution is 5.87. The second-order valence-electron chi connectivity index (χ2n) is 6.10. The van der Waals surface area contributed by atoms with Crippen molar-refractivity contribution in [3.63, 3.8) is 0 Å². The molecule has 6 heteroatoms. The van der Waals surface area contributed by atoms with Crippen LogP contribution in [0, 0.1) is 0 Å². The molecule has 2 unspecified atom stereocenters. The van der Waals surface area contributed by atoms with Gasteiger partial charge in [-0.3, -0.25) is 0 Å². The average molecular weight is 266 g/mol. The number of aromatic nitrogens is 3. The molecular weight excluding hydrogens is 244 g/mol. The van der Waals surface area contributed by atoms with Gasteiger partial charge in [-0.1, -0.05) is 18.1 Å². The zero-order valence-corrected chi connectivity index (χ0v) is 11.8. The summed E-state index contributed by atoms with van der Waals surface area (Å²) >= 11 is 0. The summed E-state index contributed by atoms with van der Waals surface area (Å²) in [7, 11) is 0. The van der Waals surface area contributed by atoms with Crippen molar-refractivity contribution < 1.29 is 9.53 Å². The minimum absolute atomic E-state index is 0.0851. The maximum atomic E-state index is 11.9. The molecular formula is C13H22N4O2. The highest BCUT2D eigenvalue weighted by atomic mass is 16.6. The van der Waals surface area contributed by atoms with Gasteiger partial charge >= 0.3 is 5.97 Å². The molecule has 0 saturated heterocycles. The molecule has 1 aliphatic rings. The van der Waals surface area contributed by atoms with Gasteiger partial charge in [-0.05, 0) is 33.6 Å². The molecule has 1 aromatic heterocycles. The summed E-state index contributed by atoms with van der Waals surface area (Å²) in [5, 5.41) is 7.92. The van der Waals surface area contributed by atoms with E-state index in [0.29, 0.717) is 0 Å². The lowest BCUT2D eigenvalue weighted by Gasteiger charge is -2.28. The Bertz CT molecular complexity index is 450. The minimum atomic E-state index is -0.526. The van der Waals surface area contributed by atoms with Crippen molar-refractivity contribution in [3.05, 3.63) is 11.9 Å². The number of hydrogen-bond donors (Lipinski definition) is 1. The molecule has 0 aromatic carbocycles. The molecule has 0 spiro atoms. The van der Waals surface area contributed by atoms with E-state index in [-0.39, 0.29) is 17.8 Å². The highest BCUT2D eigenvalue weighted by Crippen LogP contribution is 2.26. The lowest BCUT2D eigenvalue weighted by Crippen LogP contribution is -2.35. The van der Waals surface area contributed by atoms with Gasteiger partial charge in [-0.2, -0.15) is 0 Å².